The summed E-state index contributed by atoms with van der Waals surface area (Å²) in [5, 5.41) is 3.81. The van der Waals surface area contributed by atoms with Crippen LogP contribution in [0.15, 0.2) is 0 Å². The molecular formula is C12H23NO. The van der Waals surface area contributed by atoms with Gasteiger partial charge in [0.1, 0.15) is 0 Å². The van der Waals surface area contributed by atoms with Crippen molar-refractivity contribution in [3.05, 3.63) is 0 Å². The van der Waals surface area contributed by atoms with Crippen LogP contribution in [0.3, 0.4) is 0 Å². The predicted octanol–water partition coefficient (Wildman–Crippen LogP) is 2.34. The number of hydrogen-bond acceptors (Lipinski definition) is 2. The van der Waals surface area contributed by atoms with Gasteiger partial charge in [-0.1, -0.05) is 19.8 Å². The predicted molar refractivity (Wildman–Crippen MR) is 58.4 cm³/mol. The van der Waals surface area contributed by atoms with Crippen LogP contribution in [0.2, 0.25) is 0 Å². The standard InChI is InChI=1S/C12H23NO/c1-2-12(11-6-9-14-10-11)7-4-3-5-8-13-12/h11,13H,2-10H2,1H3. The molecule has 0 saturated carbocycles. The molecule has 2 heterocycles. The summed E-state index contributed by atoms with van der Waals surface area (Å²) in [7, 11) is 0. The van der Waals surface area contributed by atoms with Crippen molar-refractivity contribution in [2.45, 2.75) is 51.0 Å². The smallest absolute Gasteiger partial charge is 0.0512 e. The van der Waals surface area contributed by atoms with E-state index in [-0.39, 0.29) is 0 Å². The average Bonchev–Trinajstić information content (AvgIpc) is 2.64. The Morgan fingerprint density at radius 2 is 2.29 bits per heavy atom. The molecule has 82 valence electrons. The van der Waals surface area contributed by atoms with Crippen LogP contribution in [0.5, 0.6) is 0 Å². The molecule has 0 aliphatic carbocycles. The first-order chi connectivity index (χ1) is 6.87. The monoisotopic (exact) mass is 197 g/mol. The molecule has 2 saturated heterocycles. The topological polar surface area (TPSA) is 21.3 Å². The van der Waals surface area contributed by atoms with Gasteiger partial charge in [-0.3, -0.25) is 0 Å². The molecule has 0 bridgehead atoms. The third-order valence-electron chi connectivity index (χ3n) is 4.12. The molecule has 0 radical (unpaired) electrons. The molecular weight excluding hydrogens is 174 g/mol. The summed E-state index contributed by atoms with van der Waals surface area (Å²) in [6.07, 6.45) is 8.05. The van der Waals surface area contributed by atoms with Crippen molar-refractivity contribution in [1.82, 2.24) is 5.32 Å². The van der Waals surface area contributed by atoms with Gasteiger partial charge in [-0.25, -0.2) is 0 Å². The second-order valence-electron chi connectivity index (χ2n) is 4.81. The Kier molecular flexibility index (Phi) is 3.45. The maximum Gasteiger partial charge on any atom is 0.0512 e. The summed E-state index contributed by atoms with van der Waals surface area (Å²) >= 11 is 0. The molecule has 14 heavy (non-hydrogen) atoms. The highest BCUT2D eigenvalue weighted by Gasteiger charge is 2.38. The lowest BCUT2D eigenvalue weighted by Crippen LogP contribution is -2.50. The van der Waals surface area contributed by atoms with Gasteiger partial charge in [-0.2, -0.15) is 0 Å². The Balaban J connectivity index is 2.04. The minimum atomic E-state index is 0.410. The Morgan fingerprint density at radius 1 is 1.36 bits per heavy atom. The zero-order valence-corrected chi connectivity index (χ0v) is 9.35. The molecule has 0 amide bonds. The number of nitrogens with one attached hydrogen (secondary N) is 1. The normalized spacial score (nSPS) is 39.6. The third-order valence-corrected chi connectivity index (χ3v) is 4.12. The minimum absolute atomic E-state index is 0.410. The molecule has 2 aliphatic heterocycles. The van der Waals surface area contributed by atoms with Gasteiger partial charge in [-0.05, 0) is 32.2 Å². The fourth-order valence-corrected chi connectivity index (χ4v) is 3.08. The molecule has 0 aromatic heterocycles. The van der Waals surface area contributed by atoms with Crippen LogP contribution in [-0.4, -0.2) is 25.3 Å². The Hall–Kier alpha value is -0.0800. The van der Waals surface area contributed by atoms with E-state index < -0.39 is 0 Å². The van der Waals surface area contributed by atoms with Crippen LogP contribution in [0.4, 0.5) is 0 Å². The molecule has 0 aromatic rings. The van der Waals surface area contributed by atoms with Crippen molar-refractivity contribution >= 4 is 0 Å². The highest BCUT2D eigenvalue weighted by Crippen LogP contribution is 2.34. The van der Waals surface area contributed by atoms with Crippen molar-refractivity contribution in [3.8, 4) is 0 Å². The Labute approximate surface area is 87.4 Å². The molecule has 2 heteroatoms. The Morgan fingerprint density at radius 3 is 3.00 bits per heavy atom. The van der Waals surface area contributed by atoms with Gasteiger partial charge in [0.25, 0.3) is 0 Å². The number of hydrogen-bond donors (Lipinski definition) is 1. The van der Waals surface area contributed by atoms with Crippen LogP contribution in [0, 0.1) is 5.92 Å². The van der Waals surface area contributed by atoms with E-state index in [4.69, 9.17) is 4.74 Å². The van der Waals surface area contributed by atoms with Crippen LogP contribution < -0.4 is 5.32 Å². The fraction of sp³-hybridized carbons (Fsp3) is 1.00. The van der Waals surface area contributed by atoms with E-state index in [2.05, 4.69) is 12.2 Å². The van der Waals surface area contributed by atoms with Crippen LogP contribution >= 0.6 is 0 Å². The van der Waals surface area contributed by atoms with Crippen LogP contribution in [0.1, 0.15) is 45.4 Å². The SMILES string of the molecule is CCC1(C2CCOC2)CCCCCN1. The van der Waals surface area contributed by atoms with Gasteiger partial charge in [0.15, 0.2) is 0 Å². The van der Waals surface area contributed by atoms with Crippen LogP contribution in [0.25, 0.3) is 0 Å². The molecule has 2 aliphatic rings. The molecule has 2 fully saturated rings. The van der Waals surface area contributed by atoms with Gasteiger partial charge in [0, 0.05) is 18.1 Å². The summed E-state index contributed by atoms with van der Waals surface area (Å²) in [5.41, 5.74) is 0.410. The van der Waals surface area contributed by atoms with Crippen molar-refractivity contribution < 1.29 is 4.74 Å². The molecule has 0 aromatic carbocycles. The van der Waals surface area contributed by atoms with Gasteiger partial charge in [0.05, 0.1) is 6.61 Å². The summed E-state index contributed by atoms with van der Waals surface area (Å²) in [5.74, 6) is 0.769. The second kappa shape index (κ2) is 4.63. The maximum atomic E-state index is 5.54. The lowest BCUT2D eigenvalue weighted by Gasteiger charge is -2.38. The second-order valence-corrected chi connectivity index (χ2v) is 4.81. The van der Waals surface area contributed by atoms with E-state index in [9.17, 15) is 0 Å². The molecule has 1 N–H and O–H groups in total. The van der Waals surface area contributed by atoms with E-state index in [1.54, 1.807) is 0 Å². The minimum Gasteiger partial charge on any atom is -0.381 e. The highest BCUT2D eigenvalue weighted by molar-refractivity contribution is 4.96. The quantitative estimate of drug-likeness (QED) is 0.733. The molecule has 2 atom stereocenters. The first-order valence-electron chi connectivity index (χ1n) is 6.20. The van der Waals surface area contributed by atoms with Gasteiger partial charge in [-0.15, -0.1) is 0 Å². The van der Waals surface area contributed by atoms with Crippen molar-refractivity contribution in [1.29, 1.82) is 0 Å². The largest absolute Gasteiger partial charge is 0.381 e. The fourth-order valence-electron chi connectivity index (χ4n) is 3.08. The first kappa shape index (κ1) is 10.4. The van der Waals surface area contributed by atoms with Crippen molar-refractivity contribution in [2.75, 3.05) is 19.8 Å². The van der Waals surface area contributed by atoms with E-state index in [1.165, 1.54) is 45.1 Å². The zero-order valence-electron chi connectivity index (χ0n) is 9.35. The summed E-state index contributed by atoms with van der Waals surface area (Å²) in [4.78, 5) is 0. The van der Waals surface area contributed by atoms with E-state index in [0.29, 0.717) is 5.54 Å². The van der Waals surface area contributed by atoms with Gasteiger partial charge in [0.2, 0.25) is 0 Å². The van der Waals surface area contributed by atoms with Crippen LogP contribution in [-0.2, 0) is 4.74 Å². The Bertz CT molecular complexity index is 167. The van der Waals surface area contributed by atoms with E-state index in [1.807, 2.05) is 0 Å². The number of ether oxygens (including phenoxy) is 1. The van der Waals surface area contributed by atoms with Gasteiger partial charge >= 0.3 is 0 Å². The lowest BCUT2D eigenvalue weighted by molar-refractivity contribution is 0.138. The molecule has 2 nitrogen and oxygen atoms in total. The summed E-state index contributed by atoms with van der Waals surface area (Å²) in [6.45, 7) is 5.51. The van der Waals surface area contributed by atoms with Gasteiger partial charge < -0.3 is 10.1 Å². The third kappa shape index (κ3) is 1.96. The molecule has 0 spiro atoms. The van der Waals surface area contributed by atoms with Crippen molar-refractivity contribution in [3.63, 3.8) is 0 Å². The number of rotatable bonds is 2. The summed E-state index contributed by atoms with van der Waals surface area (Å²) < 4.78 is 5.54. The van der Waals surface area contributed by atoms with Crippen molar-refractivity contribution in [2.24, 2.45) is 5.92 Å². The summed E-state index contributed by atoms with van der Waals surface area (Å²) in [6, 6.07) is 0. The average molecular weight is 197 g/mol. The maximum absolute atomic E-state index is 5.54. The molecule has 2 rings (SSSR count). The first-order valence-corrected chi connectivity index (χ1v) is 6.20. The lowest BCUT2D eigenvalue weighted by atomic mass is 9.78. The highest BCUT2D eigenvalue weighted by atomic mass is 16.5. The van der Waals surface area contributed by atoms with E-state index >= 15 is 0 Å². The zero-order chi connectivity index (χ0) is 9.86. The molecule has 2 unspecified atom stereocenters. The van der Waals surface area contributed by atoms with E-state index in [0.717, 1.165) is 19.1 Å².